The molecule has 3 aromatic rings. The van der Waals surface area contributed by atoms with Crippen LogP contribution in [-0.2, 0) is 6.54 Å². The Bertz CT molecular complexity index is 607. The minimum atomic E-state index is 0.398. The lowest BCUT2D eigenvalue weighted by Crippen LogP contribution is -1.97. The molecule has 0 radical (unpaired) electrons. The van der Waals surface area contributed by atoms with Gasteiger partial charge in [-0.05, 0) is 12.1 Å². The number of rotatable bonds is 4. The fourth-order valence-corrected chi connectivity index (χ4v) is 1.93. The molecule has 0 aliphatic heterocycles. The Hall–Kier alpha value is -2.28. The standard InChI is InChI=1S/C11H9N5OS/c1-3-12-4-2-8(1)10-15-16-11(17-10)14-6-9-5-13-7-18-9/h1-5,7H,6H2,(H,14,16). The van der Waals surface area contributed by atoms with Crippen LogP contribution in [0.4, 0.5) is 6.01 Å². The number of nitrogens with one attached hydrogen (secondary N) is 1. The van der Waals surface area contributed by atoms with E-state index >= 15 is 0 Å². The van der Waals surface area contributed by atoms with Gasteiger partial charge in [-0.3, -0.25) is 9.97 Å². The van der Waals surface area contributed by atoms with Crippen molar-refractivity contribution in [2.24, 2.45) is 0 Å². The highest BCUT2D eigenvalue weighted by molar-refractivity contribution is 7.09. The molecule has 1 N–H and O–H groups in total. The van der Waals surface area contributed by atoms with E-state index in [1.807, 2.05) is 12.1 Å². The summed E-state index contributed by atoms with van der Waals surface area (Å²) in [6.07, 6.45) is 5.17. The van der Waals surface area contributed by atoms with Crippen molar-refractivity contribution < 1.29 is 4.42 Å². The van der Waals surface area contributed by atoms with Gasteiger partial charge in [0.25, 0.3) is 0 Å². The largest absolute Gasteiger partial charge is 0.403 e. The Morgan fingerprint density at radius 1 is 1.17 bits per heavy atom. The second kappa shape index (κ2) is 4.92. The number of pyridine rings is 1. The number of nitrogens with zero attached hydrogens (tertiary/aromatic N) is 4. The lowest BCUT2D eigenvalue weighted by Gasteiger charge is -1.96. The topological polar surface area (TPSA) is 76.7 Å². The molecule has 0 aliphatic rings. The molecule has 0 amide bonds. The summed E-state index contributed by atoms with van der Waals surface area (Å²) in [5.41, 5.74) is 2.64. The minimum absolute atomic E-state index is 0.398. The summed E-state index contributed by atoms with van der Waals surface area (Å²) in [4.78, 5) is 9.04. The molecule has 7 heteroatoms. The molecule has 0 bridgehead atoms. The zero-order valence-electron chi connectivity index (χ0n) is 9.28. The van der Waals surface area contributed by atoms with Gasteiger partial charge in [-0.1, -0.05) is 5.10 Å². The first kappa shape index (κ1) is 10.8. The number of hydrogen-bond donors (Lipinski definition) is 1. The predicted octanol–water partition coefficient (Wildman–Crippen LogP) is 2.20. The highest BCUT2D eigenvalue weighted by Gasteiger charge is 2.07. The smallest absolute Gasteiger partial charge is 0.316 e. The van der Waals surface area contributed by atoms with Crippen molar-refractivity contribution in [1.82, 2.24) is 20.2 Å². The van der Waals surface area contributed by atoms with Crippen LogP contribution in [0.15, 0.2) is 40.7 Å². The summed E-state index contributed by atoms with van der Waals surface area (Å²) in [5, 5.41) is 10.9. The fraction of sp³-hybridized carbons (Fsp3) is 0.0909. The van der Waals surface area contributed by atoms with E-state index in [9.17, 15) is 0 Å². The number of anilines is 1. The molecule has 3 rings (SSSR count). The van der Waals surface area contributed by atoms with E-state index in [2.05, 4.69) is 25.5 Å². The van der Waals surface area contributed by atoms with Gasteiger partial charge in [-0.2, -0.15) is 0 Å². The number of thiazole rings is 1. The molecule has 90 valence electrons. The van der Waals surface area contributed by atoms with Crippen LogP contribution >= 0.6 is 11.3 Å². The lowest BCUT2D eigenvalue weighted by atomic mass is 10.3. The van der Waals surface area contributed by atoms with E-state index in [0.29, 0.717) is 18.5 Å². The summed E-state index contributed by atoms with van der Waals surface area (Å²) in [5.74, 6) is 0.476. The SMILES string of the molecule is c1cc(-c2nnc(NCc3cncs3)o2)ccn1. The van der Waals surface area contributed by atoms with Crippen molar-refractivity contribution in [3.63, 3.8) is 0 Å². The fourth-order valence-electron chi connectivity index (χ4n) is 1.40. The van der Waals surface area contributed by atoms with Gasteiger partial charge in [-0.15, -0.1) is 16.4 Å². The first-order valence-corrected chi connectivity index (χ1v) is 6.15. The molecule has 0 saturated carbocycles. The van der Waals surface area contributed by atoms with Crippen LogP contribution < -0.4 is 5.32 Å². The predicted molar refractivity (Wildman–Crippen MR) is 67.0 cm³/mol. The molecule has 0 unspecified atom stereocenters. The van der Waals surface area contributed by atoms with Crippen molar-refractivity contribution in [2.75, 3.05) is 5.32 Å². The number of hydrogen-bond acceptors (Lipinski definition) is 7. The second-order valence-corrected chi connectivity index (χ2v) is 4.44. The molecule has 0 atom stereocenters. The van der Waals surface area contributed by atoms with Crippen LogP contribution in [0.3, 0.4) is 0 Å². The molecule has 0 aliphatic carbocycles. The van der Waals surface area contributed by atoms with E-state index in [-0.39, 0.29) is 0 Å². The van der Waals surface area contributed by atoms with Crippen LogP contribution in [0, 0.1) is 0 Å². The molecule has 0 fully saturated rings. The first-order valence-electron chi connectivity index (χ1n) is 5.27. The molecule has 0 aromatic carbocycles. The van der Waals surface area contributed by atoms with Gasteiger partial charge >= 0.3 is 6.01 Å². The molecule has 0 saturated heterocycles. The van der Waals surface area contributed by atoms with E-state index in [1.165, 1.54) is 0 Å². The highest BCUT2D eigenvalue weighted by Crippen LogP contribution is 2.19. The van der Waals surface area contributed by atoms with E-state index in [4.69, 9.17) is 4.42 Å². The maximum atomic E-state index is 5.49. The van der Waals surface area contributed by atoms with Gasteiger partial charge in [0.2, 0.25) is 5.89 Å². The quantitative estimate of drug-likeness (QED) is 0.774. The molecule has 3 heterocycles. The van der Waals surface area contributed by atoms with Crippen LogP contribution in [0.1, 0.15) is 4.88 Å². The van der Waals surface area contributed by atoms with Crippen molar-refractivity contribution in [3.8, 4) is 11.5 Å². The van der Waals surface area contributed by atoms with Crippen molar-refractivity contribution >= 4 is 17.4 Å². The van der Waals surface area contributed by atoms with Gasteiger partial charge in [-0.25, -0.2) is 0 Å². The monoisotopic (exact) mass is 259 g/mol. The summed E-state index contributed by atoms with van der Waals surface area (Å²) in [6, 6.07) is 4.04. The Balaban J connectivity index is 1.70. The molecule has 6 nitrogen and oxygen atoms in total. The van der Waals surface area contributed by atoms with Crippen molar-refractivity contribution in [3.05, 3.63) is 41.1 Å². The zero-order valence-corrected chi connectivity index (χ0v) is 10.1. The molecule has 3 aromatic heterocycles. The first-order chi connectivity index (χ1) is 8.92. The molecule has 0 spiro atoms. The Labute approximate surface area is 107 Å². The zero-order chi connectivity index (χ0) is 12.2. The third-order valence-electron chi connectivity index (χ3n) is 2.25. The Morgan fingerprint density at radius 2 is 2.06 bits per heavy atom. The summed E-state index contributed by atoms with van der Waals surface area (Å²) < 4.78 is 5.49. The maximum Gasteiger partial charge on any atom is 0.316 e. The normalized spacial score (nSPS) is 10.4. The van der Waals surface area contributed by atoms with Crippen molar-refractivity contribution in [2.45, 2.75) is 6.54 Å². The van der Waals surface area contributed by atoms with Gasteiger partial charge < -0.3 is 9.73 Å². The number of aromatic nitrogens is 4. The highest BCUT2D eigenvalue weighted by atomic mass is 32.1. The Kier molecular flexibility index (Phi) is 2.97. The van der Waals surface area contributed by atoms with Gasteiger partial charge in [0.05, 0.1) is 12.1 Å². The van der Waals surface area contributed by atoms with E-state index < -0.39 is 0 Å². The Morgan fingerprint density at radius 3 is 2.83 bits per heavy atom. The van der Waals surface area contributed by atoms with Gasteiger partial charge in [0.1, 0.15) is 0 Å². The second-order valence-electron chi connectivity index (χ2n) is 3.47. The van der Waals surface area contributed by atoms with E-state index in [1.54, 1.807) is 35.4 Å². The van der Waals surface area contributed by atoms with Crippen LogP contribution in [-0.4, -0.2) is 20.2 Å². The van der Waals surface area contributed by atoms with E-state index in [0.717, 1.165) is 10.4 Å². The molecular formula is C11H9N5OS. The summed E-state index contributed by atoms with van der Waals surface area (Å²) in [7, 11) is 0. The van der Waals surface area contributed by atoms with Crippen LogP contribution in [0.2, 0.25) is 0 Å². The summed E-state index contributed by atoms with van der Waals surface area (Å²) >= 11 is 1.57. The lowest BCUT2D eigenvalue weighted by molar-refractivity contribution is 0.581. The van der Waals surface area contributed by atoms with Gasteiger partial charge in [0, 0.05) is 29.0 Å². The third-order valence-corrected chi connectivity index (χ3v) is 3.03. The third kappa shape index (κ3) is 2.35. The molecule has 18 heavy (non-hydrogen) atoms. The summed E-state index contributed by atoms with van der Waals surface area (Å²) in [6.45, 7) is 0.628. The molecular weight excluding hydrogens is 250 g/mol. The minimum Gasteiger partial charge on any atom is -0.403 e. The average molecular weight is 259 g/mol. The van der Waals surface area contributed by atoms with Crippen molar-refractivity contribution in [1.29, 1.82) is 0 Å². The van der Waals surface area contributed by atoms with Gasteiger partial charge in [0.15, 0.2) is 0 Å². The maximum absolute atomic E-state index is 5.49. The van der Waals surface area contributed by atoms with Crippen LogP contribution in [0.5, 0.6) is 0 Å². The van der Waals surface area contributed by atoms with Crippen LogP contribution in [0.25, 0.3) is 11.5 Å². The average Bonchev–Trinajstić information content (AvgIpc) is 3.09.